The molecule has 5 heteroatoms. The van der Waals surface area contributed by atoms with E-state index in [2.05, 4.69) is 14.7 Å². The van der Waals surface area contributed by atoms with E-state index >= 15 is 0 Å². The first-order chi connectivity index (χ1) is 7.33. The van der Waals surface area contributed by atoms with Gasteiger partial charge < -0.3 is 4.74 Å². The lowest BCUT2D eigenvalue weighted by Crippen LogP contribution is -2.05. The smallest absolute Gasteiger partial charge is 0.357 e. The Labute approximate surface area is 90.6 Å². The minimum absolute atomic E-state index is 0.301. The number of thiazole rings is 1. The zero-order valence-electron chi connectivity index (χ0n) is 8.01. The van der Waals surface area contributed by atoms with Crippen LogP contribution in [0.15, 0.2) is 29.9 Å². The Kier molecular flexibility index (Phi) is 2.73. The second-order valence-electron chi connectivity index (χ2n) is 2.73. The molecule has 0 aliphatic rings. The summed E-state index contributed by atoms with van der Waals surface area (Å²) in [7, 11) is 1.34. The van der Waals surface area contributed by atoms with Crippen molar-refractivity contribution >= 4 is 17.3 Å². The van der Waals surface area contributed by atoms with E-state index in [0.717, 1.165) is 5.01 Å². The minimum Gasteiger partial charge on any atom is -0.464 e. The van der Waals surface area contributed by atoms with E-state index in [4.69, 9.17) is 0 Å². The van der Waals surface area contributed by atoms with E-state index in [0.29, 0.717) is 11.3 Å². The van der Waals surface area contributed by atoms with Gasteiger partial charge in [0.2, 0.25) is 0 Å². The molecule has 0 bridgehead atoms. The zero-order valence-corrected chi connectivity index (χ0v) is 8.82. The predicted molar refractivity (Wildman–Crippen MR) is 56.7 cm³/mol. The molecule has 0 saturated heterocycles. The number of esters is 1. The van der Waals surface area contributed by atoms with Crippen LogP contribution >= 0.6 is 11.3 Å². The maximum atomic E-state index is 11.4. The molecule has 0 N–H and O–H groups in total. The Morgan fingerprint density at radius 3 is 2.93 bits per heavy atom. The summed E-state index contributed by atoms with van der Waals surface area (Å²) in [6.45, 7) is 0. The van der Waals surface area contributed by atoms with Gasteiger partial charge in [0.1, 0.15) is 5.01 Å². The van der Waals surface area contributed by atoms with Gasteiger partial charge in [-0.05, 0) is 12.1 Å². The van der Waals surface area contributed by atoms with Crippen LogP contribution in [0.2, 0.25) is 0 Å². The van der Waals surface area contributed by atoms with E-state index in [-0.39, 0.29) is 0 Å². The summed E-state index contributed by atoms with van der Waals surface area (Å²) in [5.41, 5.74) is 1.01. The van der Waals surface area contributed by atoms with Gasteiger partial charge in [-0.2, -0.15) is 0 Å². The SMILES string of the molecule is COC(=O)c1ncccc1-c1nccs1. The van der Waals surface area contributed by atoms with E-state index < -0.39 is 5.97 Å². The van der Waals surface area contributed by atoms with Crippen LogP contribution in [0.4, 0.5) is 0 Å². The average Bonchev–Trinajstić information content (AvgIpc) is 2.81. The van der Waals surface area contributed by atoms with Gasteiger partial charge in [-0.25, -0.2) is 14.8 Å². The van der Waals surface area contributed by atoms with Crippen LogP contribution < -0.4 is 0 Å². The zero-order chi connectivity index (χ0) is 10.7. The lowest BCUT2D eigenvalue weighted by atomic mass is 10.2. The fourth-order valence-corrected chi connectivity index (χ4v) is 1.86. The molecule has 0 amide bonds. The van der Waals surface area contributed by atoms with Crippen molar-refractivity contribution in [1.82, 2.24) is 9.97 Å². The number of rotatable bonds is 2. The third-order valence-electron chi connectivity index (χ3n) is 1.85. The highest BCUT2D eigenvalue weighted by molar-refractivity contribution is 7.13. The van der Waals surface area contributed by atoms with Gasteiger partial charge in [0.15, 0.2) is 5.69 Å². The number of carbonyl (C=O) groups is 1. The van der Waals surface area contributed by atoms with E-state index in [9.17, 15) is 4.79 Å². The molecule has 0 fully saturated rings. The normalized spacial score (nSPS) is 9.93. The van der Waals surface area contributed by atoms with Crippen molar-refractivity contribution in [3.8, 4) is 10.6 Å². The highest BCUT2D eigenvalue weighted by atomic mass is 32.1. The molecule has 0 unspecified atom stereocenters. The van der Waals surface area contributed by atoms with Gasteiger partial charge >= 0.3 is 5.97 Å². The van der Waals surface area contributed by atoms with Crippen LogP contribution in [-0.2, 0) is 4.74 Å². The van der Waals surface area contributed by atoms with Crippen LogP contribution in [0.1, 0.15) is 10.5 Å². The maximum absolute atomic E-state index is 11.4. The Morgan fingerprint density at radius 2 is 2.27 bits per heavy atom. The van der Waals surface area contributed by atoms with Gasteiger partial charge in [0.05, 0.1) is 7.11 Å². The van der Waals surface area contributed by atoms with Gasteiger partial charge in [-0.15, -0.1) is 11.3 Å². The van der Waals surface area contributed by atoms with Crippen LogP contribution in [0.25, 0.3) is 10.6 Å². The third kappa shape index (κ3) is 1.87. The predicted octanol–water partition coefficient (Wildman–Crippen LogP) is 1.99. The molecule has 0 atom stereocenters. The Bertz CT molecular complexity index is 468. The molecule has 0 aliphatic carbocycles. The third-order valence-corrected chi connectivity index (χ3v) is 2.66. The Hall–Kier alpha value is -1.75. The molecule has 4 nitrogen and oxygen atoms in total. The highest BCUT2D eigenvalue weighted by Gasteiger charge is 2.15. The molecule has 15 heavy (non-hydrogen) atoms. The molecule has 0 radical (unpaired) electrons. The summed E-state index contributed by atoms with van der Waals surface area (Å²) in [6, 6.07) is 3.57. The summed E-state index contributed by atoms with van der Waals surface area (Å²) in [5.74, 6) is -0.444. The summed E-state index contributed by atoms with van der Waals surface area (Å²) in [6.07, 6.45) is 3.25. The lowest BCUT2D eigenvalue weighted by molar-refractivity contribution is 0.0595. The first-order valence-corrected chi connectivity index (χ1v) is 5.14. The number of pyridine rings is 1. The standard InChI is InChI=1S/C10H8N2O2S/c1-14-10(13)8-7(3-2-4-11-8)9-12-5-6-15-9/h2-6H,1H3. The fraction of sp³-hybridized carbons (Fsp3) is 0.100. The van der Waals surface area contributed by atoms with E-state index in [1.54, 1.807) is 24.5 Å². The van der Waals surface area contributed by atoms with Crippen molar-refractivity contribution in [2.45, 2.75) is 0 Å². The van der Waals surface area contributed by atoms with Crippen LogP contribution in [0, 0.1) is 0 Å². The number of nitrogens with zero attached hydrogens (tertiary/aromatic N) is 2. The number of hydrogen-bond donors (Lipinski definition) is 0. The van der Waals surface area contributed by atoms with Gasteiger partial charge in [0.25, 0.3) is 0 Å². The Balaban J connectivity index is 2.52. The molecule has 2 rings (SSSR count). The van der Waals surface area contributed by atoms with Crippen LogP contribution in [-0.4, -0.2) is 23.0 Å². The number of carbonyl (C=O) groups excluding carboxylic acids is 1. The largest absolute Gasteiger partial charge is 0.464 e. The second-order valence-corrected chi connectivity index (χ2v) is 3.62. The summed E-state index contributed by atoms with van der Waals surface area (Å²) >= 11 is 1.46. The highest BCUT2D eigenvalue weighted by Crippen LogP contribution is 2.24. The maximum Gasteiger partial charge on any atom is 0.357 e. The molecule has 2 aromatic rings. The summed E-state index contributed by atoms with van der Waals surface area (Å²) in [4.78, 5) is 19.6. The molecule has 0 spiro atoms. The molecule has 2 heterocycles. The van der Waals surface area contributed by atoms with Crippen molar-refractivity contribution in [3.05, 3.63) is 35.6 Å². The van der Waals surface area contributed by atoms with Crippen molar-refractivity contribution < 1.29 is 9.53 Å². The van der Waals surface area contributed by atoms with Crippen LogP contribution in [0.3, 0.4) is 0 Å². The first-order valence-electron chi connectivity index (χ1n) is 4.26. The molecular weight excluding hydrogens is 212 g/mol. The molecule has 0 aliphatic heterocycles. The monoisotopic (exact) mass is 220 g/mol. The number of aromatic nitrogens is 2. The van der Waals surface area contributed by atoms with Crippen molar-refractivity contribution in [1.29, 1.82) is 0 Å². The van der Waals surface area contributed by atoms with Gasteiger partial charge in [0, 0.05) is 23.3 Å². The lowest BCUT2D eigenvalue weighted by Gasteiger charge is -2.02. The molecule has 0 aromatic carbocycles. The Morgan fingerprint density at radius 1 is 1.40 bits per heavy atom. The van der Waals surface area contributed by atoms with Crippen molar-refractivity contribution in [2.24, 2.45) is 0 Å². The summed E-state index contributed by atoms with van der Waals surface area (Å²) < 4.78 is 4.65. The van der Waals surface area contributed by atoms with E-state index in [1.165, 1.54) is 18.4 Å². The topological polar surface area (TPSA) is 52.1 Å². The average molecular weight is 220 g/mol. The first kappa shape index (κ1) is 9.79. The summed E-state index contributed by atoms with van der Waals surface area (Å²) in [5, 5.41) is 2.62. The second kappa shape index (κ2) is 4.18. The fourth-order valence-electron chi connectivity index (χ4n) is 1.19. The van der Waals surface area contributed by atoms with Gasteiger partial charge in [-0.3, -0.25) is 0 Å². The van der Waals surface area contributed by atoms with Crippen molar-refractivity contribution in [3.63, 3.8) is 0 Å². The van der Waals surface area contributed by atoms with Crippen LogP contribution in [0.5, 0.6) is 0 Å². The number of hydrogen-bond acceptors (Lipinski definition) is 5. The van der Waals surface area contributed by atoms with Gasteiger partial charge in [-0.1, -0.05) is 0 Å². The van der Waals surface area contributed by atoms with Crippen molar-refractivity contribution in [2.75, 3.05) is 7.11 Å². The molecule has 0 saturated carbocycles. The molecule has 2 aromatic heterocycles. The quantitative estimate of drug-likeness (QED) is 0.726. The number of ether oxygens (including phenoxy) is 1. The molecule has 76 valence electrons. The molecular formula is C10H8N2O2S. The number of methoxy groups -OCH3 is 1. The minimum atomic E-state index is -0.444. The van der Waals surface area contributed by atoms with E-state index in [1.807, 2.05) is 5.38 Å².